The Balaban J connectivity index is 1.49. The summed E-state index contributed by atoms with van der Waals surface area (Å²) in [6.07, 6.45) is 0.668. The van der Waals surface area contributed by atoms with Gasteiger partial charge in [-0.2, -0.15) is 4.57 Å². The van der Waals surface area contributed by atoms with Crippen LogP contribution in [-0.2, 0) is 19.4 Å². The lowest BCUT2D eigenvalue weighted by atomic mass is 10.1. The van der Waals surface area contributed by atoms with Gasteiger partial charge in [-0.05, 0) is 47.1 Å². The van der Waals surface area contributed by atoms with Crippen molar-refractivity contribution in [1.29, 1.82) is 0 Å². The molecule has 10 nitrogen and oxygen atoms in total. The summed E-state index contributed by atoms with van der Waals surface area (Å²) in [7, 11) is 3.12. The van der Waals surface area contributed by atoms with E-state index in [1.807, 2.05) is 12.1 Å². The molecule has 192 valence electrons. The number of rotatable bonds is 9. The zero-order chi connectivity index (χ0) is 26.8. The van der Waals surface area contributed by atoms with Gasteiger partial charge in [-0.15, -0.1) is 4.91 Å². The molecule has 0 radical (unpaired) electrons. The number of nitrogens with one attached hydrogen (secondary N) is 1. The molecule has 1 aliphatic rings. The first-order chi connectivity index (χ1) is 18.5. The standard InChI is InChI=1S/C28H24N4O6/c1-37-22-11-10-17(16-23(22)38-2)12-14-31-24(29-25-20(28(31)35)8-5-9-21(25)30-36)13-15-32-26(33)18-6-3-4-7-19(18)27(32)34/h3-11,16H,12-15H2,1-2H3/p+1. The van der Waals surface area contributed by atoms with Crippen LogP contribution in [0.2, 0.25) is 0 Å². The maximum atomic E-state index is 13.6. The number of aryl methyl sites for hydroxylation is 1. The Morgan fingerprint density at radius 2 is 1.53 bits per heavy atom. The van der Waals surface area contributed by atoms with Gasteiger partial charge in [0.15, 0.2) is 22.7 Å². The average molecular weight is 514 g/mol. The zero-order valence-electron chi connectivity index (χ0n) is 20.9. The fourth-order valence-corrected chi connectivity index (χ4v) is 4.78. The number of hydrogen-bond donors (Lipinski definition) is 0. The second-order valence-corrected chi connectivity index (χ2v) is 8.82. The number of hydrogen-bond acceptors (Lipinski definition) is 7. The van der Waals surface area contributed by atoms with Crippen LogP contribution in [0.25, 0.3) is 10.9 Å². The molecule has 1 aliphatic heterocycles. The summed E-state index contributed by atoms with van der Waals surface area (Å²) in [5, 5.41) is 3.37. The summed E-state index contributed by atoms with van der Waals surface area (Å²) >= 11 is 0. The highest BCUT2D eigenvalue weighted by molar-refractivity contribution is 6.21. The number of imide groups is 1. The molecule has 0 saturated carbocycles. The van der Waals surface area contributed by atoms with Crippen molar-refractivity contribution in [3.8, 4) is 11.5 Å². The van der Waals surface area contributed by atoms with Crippen molar-refractivity contribution < 1.29 is 24.0 Å². The highest BCUT2D eigenvalue weighted by atomic mass is 16.5. The third-order valence-corrected chi connectivity index (χ3v) is 6.73. The Morgan fingerprint density at radius 1 is 0.816 bits per heavy atom. The molecule has 10 heteroatoms. The first kappa shape index (κ1) is 24.8. The van der Waals surface area contributed by atoms with Crippen LogP contribution in [0.15, 0.2) is 70.6 Å². The number of nitroso groups, excluding NO2 is 1. The summed E-state index contributed by atoms with van der Waals surface area (Å²) in [6.45, 7) is 0.359. The number of H-pyrrole nitrogens is 1. The van der Waals surface area contributed by atoms with Gasteiger partial charge in [-0.1, -0.05) is 24.3 Å². The predicted octanol–water partition coefficient (Wildman–Crippen LogP) is 3.31. The van der Waals surface area contributed by atoms with E-state index in [1.165, 1.54) is 11.0 Å². The van der Waals surface area contributed by atoms with Crippen LogP contribution < -0.4 is 20.0 Å². The normalized spacial score (nSPS) is 12.6. The lowest BCUT2D eigenvalue weighted by molar-refractivity contribution is -0.366. The molecule has 2 heterocycles. The van der Waals surface area contributed by atoms with Crippen molar-refractivity contribution in [2.75, 3.05) is 20.8 Å². The van der Waals surface area contributed by atoms with E-state index < -0.39 is 0 Å². The van der Waals surface area contributed by atoms with Crippen molar-refractivity contribution >= 4 is 28.4 Å². The molecule has 0 bridgehead atoms. The van der Waals surface area contributed by atoms with Crippen molar-refractivity contribution in [3.63, 3.8) is 0 Å². The van der Waals surface area contributed by atoms with Crippen LogP contribution in [0, 0.1) is 4.91 Å². The molecule has 0 atom stereocenters. The van der Waals surface area contributed by atoms with E-state index in [4.69, 9.17) is 9.47 Å². The molecular formula is C28H25N4O6+. The summed E-state index contributed by atoms with van der Waals surface area (Å²) in [5.41, 5.74) is 1.75. The summed E-state index contributed by atoms with van der Waals surface area (Å²) in [4.78, 5) is 55.1. The van der Waals surface area contributed by atoms with E-state index in [1.54, 1.807) is 61.3 Å². The number of methoxy groups -OCH3 is 2. The third kappa shape index (κ3) is 4.30. The Bertz CT molecular complexity index is 1610. The first-order valence-electron chi connectivity index (χ1n) is 12.0. The molecule has 0 unspecified atom stereocenters. The minimum atomic E-state index is -0.374. The SMILES string of the molecule is COc1ccc(CCn2c(CCN3C(=O)c4ccccc4C3=O)[nH+]c3c(N=O)cccc3c2=O)cc1OC. The van der Waals surface area contributed by atoms with Gasteiger partial charge in [-0.25, -0.2) is 9.78 Å². The second-order valence-electron chi connectivity index (χ2n) is 8.82. The average Bonchev–Trinajstić information content (AvgIpc) is 3.19. The molecule has 0 saturated heterocycles. The number of amides is 2. The highest BCUT2D eigenvalue weighted by Crippen LogP contribution is 2.28. The number of aromatic amines is 1. The van der Waals surface area contributed by atoms with Gasteiger partial charge >= 0.3 is 5.56 Å². The fraction of sp³-hybridized carbons (Fsp3) is 0.214. The Morgan fingerprint density at radius 3 is 2.18 bits per heavy atom. The molecule has 1 N–H and O–H groups in total. The van der Waals surface area contributed by atoms with Crippen LogP contribution in [0.3, 0.4) is 0 Å². The third-order valence-electron chi connectivity index (χ3n) is 6.73. The van der Waals surface area contributed by atoms with Crippen molar-refractivity contribution in [2.45, 2.75) is 19.4 Å². The molecular weight excluding hydrogens is 488 g/mol. The van der Waals surface area contributed by atoms with Gasteiger partial charge < -0.3 is 9.47 Å². The van der Waals surface area contributed by atoms with E-state index in [9.17, 15) is 19.3 Å². The van der Waals surface area contributed by atoms with Gasteiger partial charge in [-0.3, -0.25) is 14.5 Å². The summed E-state index contributed by atoms with van der Waals surface area (Å²) in [5.74, 6) is 0.898. The van der Waals surface area contributed by atoms with E-state index in [0.29, 0.717) is 52.3 Å². The maximum Gasteiger partial charge on any atom is 0.345 e. The number of para-hydroxylation sites is 1. The Hall–Kier alpha value is -4.86. The number of carbonyl (C=O) groups excluding carboxylic acids is 2. The number of aromatic nitrogens is 2. The molecule has 1 aromatic heterocycles. The molecule has 38 heavy (non-hydrogen) atoms. The molecule has 0 spiro atoms. The van der Waals surface area contributed by atoms with E-state index in [-0.39, 0.29) is 36.0 Å². The topological polar surface area (TPSA) is 121 Å². The molecule has 0 aliphatic carbocycles. The van der Waals surface area contributed by atoms with Crippen molar-refractivity contribution in [2.24, 2.45) is 5.18 Å². The maximum absolute atomic E-state index is 13.6. The smallest absolute Gasteiger partial charge is 0.345 e. The van der Waals surface area contributed by atoms with Crippen LogP contribution >= 0.6 is 0 Å². The van der Waals surface area contributed by atoms with Gasteiger partial charge in [0.1, 0.15) is 5.39 Å². The monoisotopic (exact) mass is 513 g/mol. The first-order valence-corrected chi connectivity index (χ1v) is 12.0. The van der Waals surface area contributed by atoms with Crippen LogP contribution in [0.4, 0.5) is 5.69 Å². The van der Waals surface area contributed by atoms with Gasteiger partial charge in [0, 0.05) is 13.0 Å². The Kier molecular flexibility index (Phi) is 6.69. The number of benzene rings is 3. The van der Waals surface area contributed by atoms with E-state index in [2.05, 4.69) is 10.2 Å². The lowest BCUT2D eigenvalue weighted by Crippen LogP contribution is -2.37. The predicted molar refractivity (Wildman–Crippen MR) is 139 cm³/mol. The van der Waals surface area contributed by atoms with Gasteiger partial charge in [0.25, 0.3) is 17.6 Å². The van der Waals surface area contributed by atoms with Crippen molar-refractivity contribution in [3.05, 3.63) is 98.4 Å². The van der Waals surface area contributed by atoms with Gasteiger partial charge in [0.05, 0.1) is 38.3 Å². The lowest BCUT2D eigenvalue weighted by Gasteiger charge is -2.14. The van der Waals surface area contributed by atoms with Crippen molar-refractivity contribution in [1.82, 2.24) is 9.47 Å². The van der Waals surface area contributed by atoms with Crippen LogP contribution in [0.1, 0.15) is 32.1 Å². The second kappa shape index (κ2) is 10.3. The molecule has 0 fully saturated rings. The summed E-state index contributed by atoms with van der Waals surface area (Å²) in [6, 6.07) is 17.0. The largest absolute Gasteiger partial charge is 0.493 e. The summed E-state index contributed by atoms with van der Waals surface area (Å²) < 4.78 is 12.3. The molecule has 3 aromatic carbocycles. The molecule has 5 rings (SSSR count). The Labute approximate surface area is 217 Å². The fourth-order valence-electron chi connectivity index (χ4n) is 4.78. The van der Waals surface area contributed by atoms with Crippen LogP contribution in [-0.4, -0.2) is 42.0 Å². The van der Waals surface area contributed by atoms with Gasteiger partial charge in [0.2, 0.25) is 0 Å². The number of ether oxygens (including phenoxy) is 2. The minimum Gasteiger partial charge on any atom is -0.493 e. The zero-order valence-corrected chi connectivity index (χ0v) is 20.9. The number of nitrogens with zero attached hydrogens (tertiary/aromatic N) is 3. The quantitative estimate of drug-likeness (QED) is 0.250. The van der Waals surface area contributed by atoms with E-state index in [0.717, 1.165) is 5.56 Å². The number of carbonyl (C=O) groups is 2. The van der Waals surface area contributed by atoms with Crippen LogP contribution in [0.5, 0.6) is 11.5 Å². The molecule has 4 aromatic rings. The van der Waals surface area contributed by atoms with E-state index >= 15 is 0 Å². The minimum absolute atomic E-state index is 0.0564. The number of fused-ring (bicyclic) bond motifs is 2. The molecule has 2 amide bonds. The highest BCUT2D eigenvalue weighted by Gasteiger charge is 2.35.